The Bertz CT molecular complexity index is 1220. The van der Waals surface area contributed by atoms with Crippen LogP contribution in [-0.4, -0.2) is 15.1 Å². The zero-order valence-corrected chi connectivity index (χ0v) is 12.8. The Labute approximate surface area is 138 Å². The largest absolute Gasteiger partial charge is 0.508 e. The predicted molar refractivity (Wildman–Crippen MR) is 98.2 cm³/mol. The van der Waals surface area contributed by atoms with Crippen molar-refractivity contribution in [3.05, 3.63) is 72.9 Å². The average Bonchev–Trinajstić information content (AvgIpc) is 2.99. The fourth-order valence-electron chi connectivity index (χ4n) is 3.45. The highest BCUT2D eigenvalue weighted by Gasteiger charge is 2.13. The first-order valence-electron chi connectivity index (χ1n) is 7.89. The van der Waals surface area contributed by atoms with E-state index >= 15 is 0 Å². The molecule has 114 valence electrons. The van der Waals surface area contributed by atoms with E-state index in [1.54, 1.807) is 12.1 Å². The summed E-state index contributed by atoms with van der Waals surface area (Å²) in [6.07, 6.45) is 1.83. The fraction of sp³-hybridized carbons (Fsp3) is 0. The van der Waals surface area contributed by atoms with E-state index in [4.69, 9.17) is 0 Å². The second-order valence-electron chi connectivity index (χ2n) is 5.96. The van der Waals surface area contributed by atoms with Crippen LogP contribution in [0, 0.1) is 0 Å². The van der Waals surface area contributed by atoms with Crippen LogP contribution in [0.25, 0.3) is 43.8 Å². The van der Waals surface area contributed by atoms with Gasteiger partial charge in [-0.3, -0.25) is 4.98 Å². The molecule has 24 heavy (non-hydrogen) atoms. The highest BCUT2D eigenvalue weighted by molar-refractivity contribution is 6.13. The van der Waals surface area contributed by atoms with Gasteiger partial charge in [0.25, 0.3) is 0 Å². The van der Waals surface area contributed by atoms with Crippen LogP contribution in [0.2, 0.25) is 0 Å². The highest BCUT2D eigenvalue weighted by atomic mass is 16.3. The zero-order chi connectivity index (χ0) is 16.1. The van der Waals surface area contributed by atoms with Gasteiger partial charge in [-0.25, -0.2) is 0 Å². The number of benzene rings is 3. The molecule has 3 heteroatoms. The van der Waals surface area contributed by atoms with Crippen LogP contribution in [0.5, 0.6) is 5.75 Å². The van der Waals surface area contributed by atoms with E-state index in [0.717, 1.165) is 33.1 Å². The van der Waals surface area contributed by atoms with E-state index in [1.807, 2.05) is 24.4 Å². The Balaban J connectivity index is 1.91. The van der Waals surface area contributed by atoms with Crippen LogP contribution in [0.3, 0.4) is 0 Å². The molecule has 0 aliphatic heterocycles. The molecule has 0 saturated heterocycles. The molecule has 0 spiro atoms. The summed E-state index contributed by atoms with van der Waals surface area (Å²) >= 11 is 0. The van der Waals surface area contributed by atoms with Crippen molar-refractivity contribution < 1.29 is 5.11 Å². The number of aromatic nitrogens is 2. The molecule has 3 nitrogen and oxygen atoms in total. The van der Waals surface area contributed by atoms with Crippen LogP contribution in [0.1, 0.15) is 0 Å². The average molecular weight is 310 g/mol. The van der Waals surface area contributed by atoms with Gasteiger partial charge in [0.15, 0.2) is 0 Å². The lowest BCUT2D eigenvalue weighted by Gasteiger charge is -2.07. The summed E-state index contributed by atoms with van der Waals surface area (Å²) in [5.41, 5.74) is 4.03. The molecule has 0 unspecified atom stereocenters. The zero-order valence-electron chi connectivity index (χ0n) is 12.8. The van der Waals surface area contributed by atoms with Crippen molar-refractivity contribution in [1.82, 2.24) is 9.97 Å². The SMILES string of the molecule is Oc1ccc2[nH]c3c(-c4cccc5ccccc45)nccc3c2c1. The summed E-state index contributed by atoms with van der Waals surface area (Å²) in [5, 5.41) is 14.3. The van der Waals surface area contributed by atoms with E-state index in [1.165, 1.54) is 10.8 Å². The van der Waals surface area contributed by atoms with Crippen LogP contribution < -0.4 is 0 Å². The van der Waals surface area contributed by atoms with Crippen molar-refractivity contribution in [2.24, 2.45) is 0 Å². The van der Waals surface area contributed by atoms with Gasteiger partial charge >= 0.3 is 0 Å². The minimum absolute atomic E-state index is 0.270. The van der Waals surface area contributed by atoms with Crippen molar-refractivity contribution in [3.63, 3.8) is 0 Å². The lowest BCUT2D eigenvalue weighted by molar-refractivity contribution is 0.476. The highest BCUT2D eigenvalue weighted by Crippen LogP contribution is 2.35. The molecule has 3 aromatic carbocycles. The fourth-order valence-corrected chi connectivity index (χ4v) is 3.45. The number of H-pyrrole nitrogens is 1. The number of pyridine rings is 1. The molecule has 0 radical (unpaired) electrons. The molecule has 0 aliphatic rings. The third kappa shape index (κ3) is 1.82. The Morgan fingerprint density at radius 1 is 0.792 bits per heavy atom. The maximum atomic E-state index is 9.81. The summed E-state index contributed by atoms with van der Waals surface area (Å²) in [4.78, 5) is 8.11. The van der Waals surface area contributed by atoms with Gasteiger partial charge < -0.3 is 10.1 Å². The maximum Gasteiger partial charge on any atom is 0.116 e. The predicted octanol–water partition coefficient (Wildman–Crippen LogP) is 5.24. The molecule has 0 amide bonds. The number of aromatic hydroxyl groups is 1. The van der Waals surface area contributed by atoms with E-state index in [2.05, 4.69) is 46.4 Å². The van der Waals surface area contributed by atoms with Crippen molar-refractivity contribution >= 4 is 32.6 Å². The van der Waals surface area contributed by atoms with Gasteiger partial charge in [-0.1, -0.05) is 42.5 Å². The number of hydrogen-bond donors (Lipinski definition) is 2. The number of hydrogen-bond acceptors (Lipinski definition) is 2. The Morgan fingerprint density at radius 3 is 2.62 bits per heavy atom. The van der Waals surface area contributed by atoms with E-state index < -0.39 is 0 Å². The molecule has 2 aromatic heterocycles. The van der Waals surface area contributed by atoms with Gasteiger partial charge in [0, 0.05) is 28.0 Å². The minimum Gasteiger partial charge on any atom is -0.508 e. The smallest absolute Gasteiger partial charge is 0.116 e. The number of rotatable bonds is 1. The molecule has 2 heterocycles. The first-order valence-corrected chi connectivity index (χ1v) is 7.89. The van der Waals surface area contributed by atoms with Crippen LogP contribution >= 0.6 is 0 Å². The monoisotopic (exact) mass is 310 g/mol. The van der Waals surface area contributed by atoms with Gasteiger partial charge in [-0.05, 0) is 35.0 Å². The third-order valence-electron chi connectivity index (χ3n) is 4.55. The third-order valence-corrected chi connectivity index (χ3v) is 4.55. The topological polar surface area (TPSA) is 48.9 Å². The Kier molecular flexibility index (Phi) is 2.65. The lowest BCUT2D eigenvalue weighted by atomic mass is 10.0. The molecular weight excluding hydrogens is 296 g/mol. The normalized spacial score (nSPS) is 11.5. The molecule has 0 fully saturated rings. The molecule has 5 aromatic rings. The molecule has 0 aliphatic carbocycles. The summed E-state index contributed by atoms with van der Waals surface area (Å²) in [6.45, 7) is 0. The van der Waals surface area contributed by atoms with Crippen molar-refractivity contribution in [1.29, 1.82) is 0 Å². The number of aromatic amines is 1. The van der Waals surface area contributed by atoms with Crippen LogP contribution in [-0.2, 0) is 0 Å². The van der Waals surface area contributed by atoms with Crippen LogP contribution in [0.15, 0.2) is 72.9 Å². The van der Waals surface area contributed by atoms with Crippen LogP contribution in [0.4, 0.5) is 0 Å². The number of nitrogens with zero attached hydrogens (tertiary/aromatic N) is 1. The van der Waals surface area contributed by atoms with Crippen molar-refractivity contribution in [2.45, 2.75) is 0 Å². The van der Waals surface area contributed by atoms with Gasteiger partial charge in [0.2, 0.25) is 0 Å². The summed E-state index contributed by atoms with van der Waals surface area (Å²) in [6, 6.07) is 22.0. The Morgan fingerprint density at radius 2 is 1.67 bits per heavy atom. The Hall–Kier alpha value is -3.33. The summed E-state index contributed by atoms with van der Waals surface area (Å²) in [5.74, 6) is 0.270. The minimum atomic E-state index is 0.270. The number of phenols is 1. The standard InChI is InChI=1S/C21H14N2O/c24-14-8-9-19-18(12-14)17-10-11-22-20(21(17)23-19)16-7-3-5-13-4-1-2-6-15(13)16/h1-12,23-24H. The van der Waals surface area contributed by atoms with Gasteiger partial charge in [0.1, 0.15) is 5.75 Å². The maximum absolute atomic E-state index is 9.81. The molecular formula is C21H14N2O. The van der Waals surface area contributed by atoms with Crippen molar-refractivity contribution in [2.75, 3.05) is 0 Å². The lowest BCUT2D eigenvalue weighted by Crippen LogP contribution is -1.87. The quantitative estimate of drug-likeness (QED) is 0.445. The van der Waals surface area contributed by atoms with Crippen molar-refractivity contribution in [3.8, 4) is 17.0 Å². The van der Waals surface area contributed by atoms with Gasteiger partial charge in [-0.15, -0.1) is 0 Å². The second kappa shape index (κ2) is 4.83. The van der Waals surface area contributed by atoms with E-state index in [9.17, 15) is 5.11 Å². The molecule has 0 atom stereocenters. The van der Waals surface area contributed by atoms with E-state index in [-0.39, 0.29) is 5.75 Å². The number of fused-ring (bicyclic) bond motifs is 4. The van der Waals surface area contributed by atoms with Gasteiger partial charge in [0.05, 0.1) is 11.2 Å². The van der Waals surface area contributed by atoms with E-state index in [0.29, 0.717) is 0 Å². The summed E-state index contributed by atoms with van der Waals surface area (Å²) in [7, 11) is 0. The molecule has 0 bridgehead atoms. The molecule has 2 N–H and O–H groups in total. The second-order valence-corrected chi connectivity index (χ2v) is 5.96. The molecule has 5 rings (SSSR count). The van der Waals surface area contributed by atoms with Gasteiger partial charge in [-0.2, -0.15) is 0 Å². The molecule has 0 saturated carbocycles. The number of nitrogens with one attached hydrogen (secondary N) is 1. The first kappa shape index (κ1) is 13.1. The summed E-state index contributed by atoms with van der Waals surface area (Å²) < 4.78 is 0. The number of phenolic OH excluding ortho intramolecular Hbond substituents is 1. The first-order chi connectivity index (χ1) is 11.8.